The lowest BCUT2D eigenvalue weighted by Gasteiger charge is -2.17. The highest BCUT2D eigenvalue weighted by Crippen LogP contribution is 2.39. The van der Waals surface area contributed by atoms with E-state index >= 15 is 0 Å². The molecule has 24 heavy (non-hydrogen) atoms. The largest absolute Gasteiger partial charge is 0.316 e. The first-order valence-electron chi connectivity index (χ1n) is 8.13. The van der Waals surface area contributed by atoms with E-state index in [0.29, 0.717) is 17.2 Å². The molecule has 1 amide bonds. The predicted molar refractivity (Wildman–Crippen MR) is 101 cm³/mol. The first-order chi connectivity index (χ1) is 11.7. The van der Waals surface area contributed by atoms with Crippen LogP contribution in [0.15, 0.2) is 30.3 Å². The molecule has 3 nitrogen and oxygen atoms in total. The third-order valence-corrected chi connectivity index (χ3v) is 6.39. The van der Waals surface area contributed by atoms with E-state index in [9.17, 15) is 10.1 Å². The van der Waals surface area contributed by atoms with Gasteiger partial charge < -0.3 is 5.32 Å². The van der Waals surface area contributed by atoms with Gasteiger partial charge in [-0.1, -0.05) is 37.3 Å². The number of hydrogen-bond donors (Lipinski definition) is 1. The Morgan fingerprint density at radius 1 is 1.42 bits per heavy atom. The number of anilines is 1. The van der Waals surface area contributed by atoms with Crippen molar-refractivity contribution < 1.29 is 4.79 Å². The summed E-state index contributed by atoms with van der Waals surface area (Å²) in [7, 11) is 0. The number of amides is 1. The molecule has 1 aliphatic carbocycles. The third-order valence-electron chi connectivity index (χ3n) is 4.22. The summed E-state index contributed by atoms with van der Waals surface area (Å²) >= 11 is 3.18. The Bertz CT molecular complexity index is 762. The van der Waals surface area contributed by atoms with Crippen LogP contribution in [-0.2, 0) is 23.4 Å². The van der Waals surface area contributed by atoms with E-state index in [1.165, 1.54) is 10.4 Å². The fourth-order valence-corrected chi connectivity index (χ4v) is 5.12. The molecule has 0 spiro atoms. The Morgan fingerprint density at radius 3 is 2.96 bits per heavy atom. The topological polar surface area (TPSA) is 52.9 Å². The molecule has 0 saturated carbocycles. The molecule has 0 aliphatic heterocycles. The fraction of sp³-hybridized carbons (Fsp3) is 0.368. The lowest BCUT2D eigenvalue weighted by atomic mass is 9.89. The molecule has 2 aromatic rings. The van der Waals surface area contributed by atoms with E-state index in [0.717, 1.165) is 35.6 Å². The minimum atomic E-state index is -0.0286. The molecule has 124 valence electrons. The van der Waals surface area contributed by atoms with Gasteiger partial charge in [0.25, 0.3) is 0 Å². The predicted octanol–water partition coefficient (Wildman–Crippen LogP) is 4.62. The monoisotopic (exact) mass is 356 g/mol. The lowest BCUT2D eigenvalue weighted by Crippen LogP contribution is -2.14. The zero-order chi connectivity index (χ0) is 16.9. The van der Waals surface area contributed by atoms with Gasteiger partial charge >= 0.3 is 0 Å². The van der Waals surface area contributed by atoms with Crippen LogP contribution in [0.1, 0.15) is 34.9 Å². The van der Waals surface area contributed by atoms with Crippen LogP contribution in [0.25, 0.3) is 0 Å². The number of nitriles is 1. The van der Waals surface area contributed by atoms with Crippen molar-refractivity contribution >= 4 is 34.0 Å². The average Bonchev–Trinajstić information content (AvgIpc) is 2.91. The molecule has 3 rings (SSSR count). The van der Waals surface area contributed by atoms with Gasteiger partial charge in [0.05, 0.1) is 11.3 Å². The van der Waals surface area contributed by atoms with Gasteiger partial charge in [0.15, 0.2) is 0 Å². The Labute approximate surface area is 151 Å². The van der Waals surface area contributed by atoms with Crippen LogP contribution in [0.2, 0.25) is 0 Å². The van der Waals surface area contributed by atoms with Crippen molar-refractivity contribution in [2.24, 2.45) is 5.92 Å². The van der Waals surface area contributed by atoms with Gasteiger partial charge in [0, 0.05) is 10.6 Å². The van der Waals surface area contributed by atoms with Crippen LogP contribution >= 0.6 is 23.1 Å². The normalized spacial score (nSPS) is 16.2. The van der Waals surface area contributed by atoms with Gasteiger partial charge in [-0.3, -0.25) is 4.79 Å². The second kappa shape index (κ2) is 7.87. The van der Waals surface area contributed by atoms with E-state index < -0.39 is 0 Å². The Morgan fingerprint density at radius 2 is 2.21 bits per heavy atom. The summed E-state index contributed by atoms with van der Waals surface area (Å²) < 4.78 is 0. The van der Waals surface area contributed by atoms with Gasteiger partial charge in [-0.2, -0.15) is 5.26 Å². The van der Waals surface area contributed by atoms with Gasteiger partial charge in [-0.15, -0.1) is 23.1 Å². The first kappa shape index (κ1) is 17.1. The number of rotatable bonds is 5. The first-order valence-corrected chi connectivity index (χ1v) is 10.1. The second-order valence-electron chi connectivity index (χ2n) is 6.19. The fourth-order valence-electron chi connectivity index (χ4n) is 2.96. The standard InChI is InChI=1S/C19H20N2OS2/c1-13-7-8-15-16(10-20)19(24-17(15)9-13)21-18(22)12-23-11-14-5-3-2-4-6-14/h2-6,13H,7-9,11-12H2,1H3,(H,21,22). The molecule has 1 aromatic heterocycles. The molecule has 1 N–H and O–H groups in total. The summed E-state index contributed by atoms with van der Waals surface area (Å²) in [6, 6.07) is 12.4. The molecule has 1 aromatic carbocycles. The molecular formula is C19H20N2OS2. The SMILES string of the molecule is CC1CCc2c(sc(NC(=O)CSCc3ccccc3)c2C#N)C1. The molecule has 0 bridgehead atoms. The van der Waals surface area contributed by atoms with Crippen LogP contribution in [-0.4, -0.2) is 11.7 Å². The van der Waals surface area contributed by atoms with E-state index in [4.69, 9.17) is 0 Å². The highest BCUT2D eigenvalue weighted by Gasteiger charge is 2.24. The second-order valence-corrected chi connectivity index (χ2v) is 8.29. The van der Waals surface area contributed by atoms with Crippen molar-refractivity contribution in [3.05, 3.63) is 51.9 Å². The third kappa shape index (κ3) is 4.00. The molecule has 0 fully saturated rings. The van der Waals surface area contributed by atoms with Crippen molar-refractivity contribution in [3.63, 3.8) is 0 Å². The summed E-state index contributed by atoms with van der Waals surface area (Å²) in [5.41, 5.74) is 3.06. The van der Waals surface area contributed by atoms with E-state index in [2.05, 4.69) is 30.4 Å². The number of nitrogens with one attached hydrogen (secondary N) is 1. The number of thiophene rings is 1. The van der Waals surface area contributed by atoms with Crippen LogP contribution in [0, 0.1) is 17.2 Å². The molecular weight excluding hydrogens is 336 g/mol. The number of hydrogen-bond acceptors (Lipinski definition) is 4. The number of carbonyl (C=O) groups excluding carboxylic acids is 1. The summed E-state index contributed by atoms with van der Waals surface area (Å²) in [4.78, 5) is 13.5. The summed E-state index contributed by atoms with van der Waals surface area (Å²) in [6.45, 7) is 2.24. The van der Waals surface area contributed by atoms with Gasteiger partial charge in [-0.05, 0) is 36.3 Å². The molecule has 5 heteroatoms. The van der Waals surface area contributed by atoms with Gasteiger partial charge in [-0.25, -0.2) is 0 Å². The number of thioether (sulfide) groups is 1. The van der Waals surface area contributed by atoms with Crippen molar-refractivity contribution in [2.45, 2.75) is 31.9 Å². The number of nitrogens with zero attached hydrogens (tertiary/aromatic N) is 1. The highest BCUT2D eigenvalue weighted by molar-refractivity contribution is 7.99. The highest BCUT2D eigenvalue weighted by atomic mass is 32.2. The zero-order valence-corrected chi connectivity index (χ0v) is 15.3. The number of carbonyl (C=O) groups is 1. The van der Waals surface area contributed by atoms with Crippen LogP contribution < -0.4 is 5.32 Å². The molecule has 1 heterocycles. The molecule has 1 aliphatic rings. The van der Waals surface area contributed by atoms with Crippen LogP contribution in [0.3, 0.4) is 0 Å². The number of benzene rings is 1. The van der Waals surface area contributed by atoms with Gasteiger partial charge in [0.2, 0.25) is 5.91 Å². The molecule has 0 radical (unpaired) electrons. The lowest BCUT2D eigenvalue weighted by molar-refractivity contribution is -0.113. The Hall–Kier alpha value is -1.77. The molecule has 0 saturated heterocycles. The van der Waals surface area contributed by atoms with E-state index in [1.54, 1.807) is 23.1 Å². The van der Waals surface area contributed by atoms with Crippen molar-refractivity contribution in [1.82, 2.24) is 0 Å². The molecule has 1 unspecified atom stereocenters. The van der Waals surface area contributed by atoms with Gasteiger partial charge in [0.1, 0.15) is 11.1 Å². The summed E-state index contributed by atoms with van der Waals surface area (Å²) in [5, 5.41) is 13.2. The van der Waals surface area contributed by atoms with Crippen LogP contribution in [0.5, 0.6) is 0 Å². The van der Waals surface area contributed by atoms with E-state index in [1.807, 2.05) is 18.2 Å². The zero-order valence-electron chi connectivity index (χ0n) is 13.7. The average molecular weight is 357 g/mol. The maximum absolute atomic E-state index is 12.2. The summed E-state index contributed by atoms with van der Waals surface area (Å²) in [5.74, 6) is 1.85. The maximum Gasteiger partial charge on any atom is 0.235 e. The minimum absolute atomic E-state index is 0.0286. The van der Waals surface area contributed by atoms with E-state index in [-0.39, 0.29) is 5.91 Å². The Kier molecular flexibility index (Phi) is 5.60. The van der Waals surface area contributed by atoms with Crippen LogP contribution in [0.4, 0.5) is 5.00 Å². The van der Waals surface area contributed by atoms with Crippen molar-refractivity contribution in [2.75, 3.05) is 11.1 Å². The smallest absolute Gasteiger partial charge is 0.235 e. The van der Waals surface area contributed by atoms with Crippen molar-refractivity contribution in [3.8, 4) is 6.07 Å². The van der Waals surface area contributed by atoms with Crippen molar-refractivity contribution in [1.29, 1.82) is 5.26 Å². The quantitative estimate of drug-likeness (QED) is 0.851. The minimum Gasteiger partial charge on any atom is -0.316 e. The number of fused-ring (bicyclic) bond motifs is 1. The summed E-state index contributed by atoms with van der Waals surface area (Å²) in [6.07, 6.45) is 3.10. The Balaban J connectivity index is 1.59. The molecule has 1 atom stereocenters. The maximum atomic E-state index is 12.2.